The number of hydrogen-bond acceptors (Lipinski definition) is 4. The zero-order chi connectivity index (χ0) is 11.6. The summed E-state index contributed by atoms with van der Waals surface area (Å²) in [5, 5.41) is 1.66. The second-order valence-corrected chi connectivity index (χ2v) is 4.89. The van der Waals surface area contributed by atoms with Crippen molar-refractivity contribution >= 4 is 31.5 Å². The van der Waals surface area contributed by atoms with Gasteiger partial charge in [-0.25, -0.2) is 8.54 Å². The first-order valence-corrected chi connectivity index (χ1v) is 6.32. The van der Waals surface area contributed by atoms with E-state index in [1.165, 1.54) is 0 Å². The van der Waals surface area contributed by atoms with Crippen LogP contribution in [-0.4, -0.2) is 4.89 Å². The minimum atomic E-state index is -4.14. The maximum atomic E-state index is 11.2. The van der Waals surface area contributed by atoms with E-state index in [2.05, 4.69) is 16.9 Å². The van der Waals surface area contributed by atoms with Crippen LogP contribution in [0.1, 0.15) is 0 Å². The molecule has 16 heavy (non-hydrogen) atoms. The highest BCUT2D eigenvalue weighted by atomic mass is 32.1. The van der Waals surface area contributed by atoms with Gasteiger partial charge < -0.3 is 4.52 Å². The van der Waals surface area contributed by atoms with E-state index in [1.807, 2.05) is 24.3 Å². The number of thiol groups is 1. The van der Waals surface area contributed by atoms with Crippen LogP contribution in [0.4, 0.5) is 0 Å². The molecule has 0 amide bonds. The van der Waals surface area contributed by atoms with Crippen molar-refractivity contribution in [3.63, 3.8) is 0 Å². The molecule has 1 atom stereocenters. The maximum absolute atomic E-state index is 11.2. The SMILES string of the molecule is O=P(O)(OS)Oc1cccc2ccccc12. The Bertz CT molecular complexity index is 552. The third-order valence-electron chi connectivity index (χ3n) is 2.07. The Morgan fingerprint density at radius 3 is 2.56 bits per heavy atom. The van der Waals surface area contributed by atoms with Crippen LogP contribution in [0.25, 0.3) is 10.8 Å². The average Bonchev–Trinajstić information content (AvgIpc) is 2.29. The van der Waals surface area contributed by atoms with Gasteiger partial charge in [-0.3, -0.25) is 4.89 Å². The molecule has 1 unspecified atom stereocenters. The molecule has 0 saturated carbocycles. The highest BCUT2D eigenvalue weighted by Gasteiger charge is 2.22. The monoisotopic (exact) mass is 256 g/mol. The Morgan fingerprint density at radius 1 is 1.12 bits per heavy atom. The zero-order valence-corrected chi connectivity index (χ0v) is 9.90. The number of phosphoric acid groups is 1. The van der Waals surface area contributed by atoms with Crippen LogP contribution in [0.15, 0.2) is 42.5 Å². The molecule has 0 aromatic heterocycles. The second-order valence-electron chi connectivity index (χ2n) is 3.12. The Hall–Kier alpha value is -1.00. The van der Waals surface area contributed by atoms with Crippen LogP contribution in [0, 0.1) is 0 Å². The zero-order valence-electron chi connectivity index (χ0n) is 8.11. The predicted molar refractivity (Wildman–Crippen MR) is 64.5 cm³/mol. The molecule has 0 fully saturated rings. The Labute approximate surface area is 98.0 Å². The van der Waals surface area contributed by atoms with Gasteiger partial charge in [-0.1, -0.05) is 36.4 Å². The van der Waals surface area contributed by atoms with Crippen LogP contribution in [-0.2, 0) is 8.54 Å². The second kappa shape index (κ2) is 4.47. The molecule has 0 aliphatic rings. The first-order valence-electron chi connectivity index (χ1n) is 4.46. The number of phosphoric ester groups is 1. The standard InChI is InChI=1S/C10H9O4PS/c11-15(12,14-16)13-10-7-3-5-8-4-1-2-6-9(8)10/h1-7,16H,(H,11,12). The van der Waals surface area contributed by atoms with E-state index in [1.54, 1.807) is 18.2 Å². The predicted octanol–water partition coefficient (Wildman–Crippen LogP) is 3.18. The molecule has 0 radical (unpaired) electrons. The van der Waals surface area contributed by atoms with Crippen LogP contribution < -0.4 is 4.52 Å². The summed E-state index contributed by atoms with van der Waals surface area (Å²) < 4.78 is 20.2. The van der Waals surface area contributed by atoms with Crippen molar-refractivity contribution in [3.05, 3.63) is 42.5 Å². The normalized spacial score (nSPS) is 14.6. The molecular weight excluding hydrogens is 247 g/mol. The van der Waals surface area contributed by atoms with Gasteiger partial charge in [-0.2, -0.15) is 0 Å². The largest absolute Gasteiger partial charge is 0.538 e. The lowest BCUT2D eigenvalue weighted by Gasteiger charge is -2.11. The third kappa shape index (κ3) is 2.39. The van der Waals surface area contributed by atoms with Gasteiger partial charge in [0.1, 0.15) is 5.75 Å². The molecule has 84 valence electrons. The summed E-state index contributed by atoms with van der Waals surface area (Å²) in [6, 6.07) is 12.6. The number of hydrogen-bond donors (Lipinski definition) is 2. The van der Waals surface area contributed by atoms with E-state index in [-0.39, 0.29) is 5.75 Å². The smallest absolute Gasteiger partial charge is 0.403 e. The van der Waals surface area contributed by atoms with Crippen molar-refractivity contribution in [2.45, 2.75) is 0 Å². The molecule has 6 heteroatoms. The first-order chi connectivity index (χ1) is 7.62. The van der Waals surface area contributed by atoms with Gasteiger partial charge >= 0.3 is 7.82 Å². The molecule has 0 heterocycles. The van der Waals surface area contributed by atoms with Crippen LogP contribution >= 0.6 is 20.7 Å². The van der Waals surface area contributed by atoms with Gasteiger partial charge in [0.2, 0.25) is 0 Å². The van der Waals surface area contributed by atoms with Crippen molar-refractivity contribution in [1.29, 1.82) is 0 Å². The van der Waals surface area contributed by atoms with Crippen molar-refractivity contribution in [2.75, 3.05) is 0 Å². The summed E-state index contributed by atoms with van der Waals surface area (Å²) in [6.45, 7) is 0. The van der Waals surface area contributed by atoms with E-state index in [0.717, 1.165) is 10.8 Å². The van der Waals surface area contributed by atoms with E-state index >= 15 is 0 Å². The summed E-state index contributed by atoms with van der Waals surface area (Å²) in [5.74, 6) is 0.290. The number of benzene rings is 2. The lowest BCUT2D eigenvalue weighted by Crippen LogP contribution is -1.92. The lowest BCUT2D eigenvalue weighted by atomic mass is 10.1. The van der Waals surface area contributed by atoms with Gasteiger partial charge in [0.25, 0.3) is 0 Å². The quantitative estimate of drug-likeness (QED) is 0.503. The summed E-state index contributed by atoms with van der Waals surface area (Å²) in [5.41, 5.74) is 0. The van der Waals surface area contributed by atoms with Gasteiger partial charge in [-0.15, -0.1) is 0 Å². The Kier molecular flexibility index (Phi) is 3.21. The molecule has 0 aliphatic heterocycles. The average molecular weight is 256 g/mol. The summed E-state index contributed by atoms with van der Waals surface area (Å²) >= 11 is 3.29. The Balaban J connectivity index is 2.49. The fraction of sp³-hybridized carbons (Fsp3) is 0. The number of fused-ring (bicyclic) bond motifs is 1. The van der Waals surface area contributed by atoms with Gasteiger partial charge in [0.05, 0.1) is 0 Å². The minimum Gasteiger partial charge on any atom is -0.403 e. The van der Waals surface area contributed by atoms with E-state index in [0.29, 0.717) is 0 Å². The summed E-state index contributed by atoms with van der Waals surface area (Å²) in [6.07, 6.45) is 0. The lowest BCUT2D eigenvalue weighted by molar-refractivity contribution is 0.309. The minimum absolute atomic E-state index is 0.290. The van der Waals surface area contributed by atoms with Gasteiger partial charge in [0.15, 0.2) is 0 Å². The molecule has 0 saturated heterocycles. The fourth-order valence-electron chi connectivity index (χ4n) is 1.42. The highest BCUT2D eigenvalue weighted by molar-refractivity contribution is 7.80. The molecule has 2 rings (SSSR count). The molecule has 0 aliphatic carbocycles. The first kappa shape index (κ1) is 11.5. The van der Waals surface area contributed by atoms with Crippen molar-refractivity contribution < 1.29 is 18.0 Å². The van der Waals surface area contributed by atoms with Crippen molar-refractivity contribution in [1.82, 2.24) is 0 Å². The van der Waals surface area contributed by atoms with E-state index in [4.69, 9.17) is 4.52 Å². The van der Waals surface area contributed by atoms with Crippen LogP contribution in [0.5, 0.6) is 5.75 Å². The molecule has 2 aromatic rings. The molecule has 4 nitrogen and oxygen atoms in total. The summed E-state index contributed by atoms with van der Waals surface area (Å²) in [4.78, 5) is 9.17. The van der Waals surface area contributed by atoms with E-state index in [9.17, 15) is 9.46 Å². The van der Waals surface area contributed by atoms with Crippen LogP contribution in [0.3, 0.4) is 0 Å². The molecular formula is C10H9O4PS. The highest BCUT2D eigenvalue weighted by Crippen LogP contribution is 2.46. The van der Waals surface area contributed by atoms with Gasteiger partial charge in [-0.05, 0) is 24.4 Å². The molecule has 0 spiro atoms. The number of rotatable bonds is 3. The van der Waals surface area contributed by atoms with Crippen molar-refractivity contribution in [2.24, 2.45) is 0 Å². The van der Waals surface area contributed by atoms with Crippen molar-refractivity contribution in [3.8, 4) is 5.75 Å². The van der Waals surface area contributed by atoms with Crippen LogP contribution in [0.2, 0.25) is 0 Å². The fourth-order valence-corrected chi connectivity index (χ4v) is 1.96. The summed E-state index contributed by atoms with van der Waals surface area (Å²) in [7, 11) is -4.14. The third-order valence-corrected chi connectivity index (χ3v) is 3.32. The molecule has 0 bridgehead atoms. The molecule has 1 N–H and O–H groups in total. The molecule has 2 aromatic carbocycles. The topological polar surface area (TPSA) is 55.8 Å². The maximum Gasteiger partial charge on any atom is 0.538 e. The Morgan fingerprint density at radius 2 is 1.81 bits per heavy atom. The van der Waals surface area contributed by atoms with E-state index < -0.39 is 7.82 Å². The van der Waals surface area contributed by atoms with Gasteiger partial charge in [0, 0.05) is 5.39 Å².